The van der Waals surface area contributed by atoms with Crippen LogP contribution in [0.25, 0.3) is 0 Å². The lowest BCUT2D eigenvalue weighted by molar-refractivity contribution is 0.0651. The van der Waals surface area contributed by atoms with Gasteiger partial charge in [0.25, 0.3) is 0 Å². The quantitative estimate of drug-likeness (QED) is 0.790. The van der Waals surface area contributed by atoms with Gasteiger partial charge in [0.05, 0.1) is 16.1 Å². The van der Waals surface area contributed by atoms with Crippen LogP contribution in [0.2, 0.25) is 5.02 Å². The van der Waals surface area contributed by atoms with E-state index in [1.54, 1.807) is 6.92 Å². The van der Waals surface area contributed by atoms with E-state index in [1.807, 2.05) is 0 Å². The molecule has 1 aromatic carbocycles. The summed E-state index contributed by atoms with van der Waals surface area (Å²) in [7, 11) is 0. The molecular weight excluding hydrogens is 208 g/mol. The Morgan fingerprint density at radius 1 is 1.21 bits per heavy atom. The number of aryl methyl sites for hydroxylation is 1. The third kappa shape index (κ3) is 1.70. The summed E-state index contributed by atoms with van der Waals surface area (Å²) in [6.07, 6.45) is 0. The Morgan fingerprint density at radius 2 is 1.79 bits per heavy atom. The molecule has 14 heavy (non-hydrogen) atoms. The molecule has 0 aromatic heterocycles. The maximum absolute atomic E-state index is 10.8. The minimum Gasteiger partial charge on any atom is -0.478 e. The van der Waals surface area contributed by atoms with Crippen LogP contribution in [-0.2, 0) is 0 Å². The van der Waals surface area contributed by atoms with Crippen molar-refractivity contribution in [2.75, 3.05) is 0 Å². The summed E-state index contributed by atoms with van der Waals surface area (Å²) >= 11 is 5.69. The van der Waals surface area contributed by atoms with Crippen molar-refractivity contribution < 1.29 is 19.8 Å². The van der Waals surface area contributed by atoms with Crippen LogP contribution in [0.1, 0.15) is 26.3 Å². The molecule has 1 rings (SSSR count). The zero-order chi connectivity index (χ0) is 10.9. The van der Waals surface area contributed by atoms with Crippen molar-refractivity contribution >= 4 is 23.5 Å². The van der Waals surface area contributed by atoms with Crippen molar-refractivity contribution in [3.63, 3.8) is 0 Å². The van der Waals surface area contributed by atoms with Gasteiger partial charge >= 0.3 is 11.9 Å². The van der Waals surface area contributed by atoms with Crippen molar-refractivity contribution in [3.05, 3.63) is 33.8 Å². The first kappa shape index (κ1) is 10.5. The van der Waals surface area contributed by atoms with Gasteiger partial charge in [-0.15, -0.1) is 0 Å². The van der Waals surface area contributed by atoms with Gasteiger partial charge in [-0.25, -0.2) is 9.59 Å². The highest BCUT2D eigenvalue weighted by atomic mass is 35.5. The smallest absolute Gasteiger partial charge is 0.338 e. The molecule has 4 nitrogen and oxygen atoms in total. The number of hydrogen-bond donors (Lipinski definition) is 2. The van der Waals surface area contributed by atoms with Gasteiger partial charge in [-0.2, -0.15) is 0 Å². The predicted octanol–water partition coefficient (Wildman–Crippen LogP) is 2.04. The summed E-state index contributed by atoms with van der Waals surface area (Å²) in [5, 5.41) is 17.4. The fourth-order valence-corrected chi connectivity index (χ4v) is 1.31. The Balaban J connectivity index is 3.53. The normalized spacial score (nSPS) is 9.86. The van der Waals surface area contributed by atoms with E-state index in [0.717, 1.165) is 0 Å². The number of halogens is 1. The highest BCUT2D eigenvalue weighted by molar-refractivity contribution is 6.35. The zero-order valence-electron chi connectivity index (χ0n) is 7.24. The van der Waals surface area contributed by atoms with Gasteiger partial charge in [-0.1, -0.05) is 17.7 Å². The molecule has 0 aliphatic rings. The Bertz CT molecular complexity index is 412. The number of carboxylic acid groups (broad SMARTS) is 2. The minimum absolute atomic E-state index is 0.0302. The van der Waals surface area contributed by atoms with Crippen LogP contribution in [0, 0.1) is 6.92 Å². The van der Waals surface area contributed by atoms with Gasteiger partial charge in [-0.3, -0.25) is 0 Å². The highest BCUT2D eigenvalue weighted by Crippen LogP contribution is 2.24. The van der Waals surface area contributed by atoms with Crippen LogP contribution in [0.3, 0.4) is 0 Å². The molecule has 0 aliphatic carbocycles. The number of carboxylic acids is 2. The standard InChI is InChI=1S/C9H7ClO4/c1-4-2-3-5(8(11)12)6(7(4)10)9(13)14/h2-3H,1H3,(H,11,12)(H,13,14). The maximum Gasteiger partial charge on any atom is 0.338 e. The van der Waals surface area contributed by atoms with Crippen LogP contribution in [-0.4, -0.2) is 22.2 Å². The van der Waals surface area contributed by atoms with E-state index in [4.69, 9.17) is 21.8 Å². The van der Waals surface area contributed by atoms with Gasteiger partial charge in [0.15, 0.2) is 0 Å². The SMILES string of the molecule is Cc1ccc(C(=O)O)c(C(=O)O)c1Cl. The molecule has 2 N–H and O–H groups in total. The van der Waals surface area contributed by atoms with E-state index in [2.05, 4.69) is 0 Å². The minimum atomic E-state index is -1.34. The second-order valence-electron chi connectivity index (χ2n) is 2.73. The highest BCUT2D eigenvalue weighted by Gasteiger charge is 2.20. The third-order valence-corrected chi connectivity index (χ3v) is 2.27. The number of aromatic carboxylic acids is 2. The third-order valence-electron chi connectivity index (χ3n) is 1.78. The summed E-state index contributed by atoms with van der Waals surface area (Å²) in [5.74, 6) is -2.64. The summed E-state index contributed by atoms with van der Waals surface area (Å²) < 4.78 is 0. The molecule has 0 bridgehead atoms. The topological polar surface area (TPSA) is 74.6 Å². The molecule has 0 unspecified atom stereocenters. The fraction of sp³-hybridized carbons (Fsp3) is 0.111. The van der Waals surface area contributed by atoms with Crippen LogP contribution in [0.4, 0.5) is 0 Å². The average Bonchev–Trinajstić information content (AvgIpc) is 2.08. The number of rotatable bonds is 2. The largest absolute Gasteiger partial charge is 0.478 e. The Labute approximate surface area is 84.7 Å². The van der Waals surface area contributed by atoms with Gasteiger partial charge in [0.1, 0.15) is 0 Å². The van der Waals surface area contributed by atoms with E-state index in [1.165, 1.54) is 12.1 Å². The van der Waals surface area contributed by atoms with Crippen molar-refractivity contribution in [2.45, 2.75) is 6.92 Å². The first-order valence-electron chi connectivity index (χ1n) is 3.71. The lowest BCUT2D eigenvalue weighted by Crippen LogP contribution is -2.09. The van der Waals surface area contributed by atoms with Crippen LogP contribution >= 0.6 is 11.6 Å². The van der Waals surface area contributed by atoms with Crippen molar-refractivity contribution in [1.29, 1.82) is 0 Å². The van der Waals surface area contributed by atoms with E-state index in [9.17, 15) is 9.59 Å². The molecule has 0 spiro atoms. The zero-order valence-corrected chi connectivity index (χ0v) is 8.00. The summed E-state index contributed by atoms with van der Waals surface area (Å²) in [6.45, 7) is 1.61. The molecular formula is C9H7ClO4. The molecule has 0 fully saturated rings. The van der Waals surface area contributed by atoms with Gasteiger partial charge in [-0.05, 0) is 18.6 Å². The lowest BCUT2D eigenvalue weighted by atomic mass is 10.0. The number of carbonyl (C=O) groups is 2. The summed E-state index contributed by atoms with van der Waals surface area (Å²) in [4.78, 5) is 21.4. The maximum atomic E-state index is 10.8. The molecule has 0 radical (unpaired) electrons. The summed E-state index contributed by atoms with van der Waals surface area (Å²) in [6, 6.07) is 2.70. The molecule has 0 saturated heterocycles. The number of benzene rings is 1. The van der Waals surface area contributed by atoms with Crippen LogP contribution in [0.15, 0.2) is 12.1 Å². The fourth-order valence-electron chi connectivity index (χ4n) is 1.07. The second-order valence-corrected chi connectivity index (χ2v) is 3.11. The first-order valence-corrected chi connectivity index (χ1v) is 4.08. The van der Waals surface area contributed by atoms with Crippen LogP contribution in [0.5, 0.6) is 0 Å². The molecule has 0 atom stereocenters. The van der Waals surface area contributed by atoms with E-state index < -0.39 is 11.9 Å². The van der Waals surface area contributed by atoms with Crippen molar-refractivity contribution in [3.8, 4) is 0 Å². The first-order chi connectivity index (χ1) is 6.45. The van der Waals surface area contributed by atoms with E-state index in [-0.39, 0.29) is 16.1 Å². The monoisotopic (exact) mass is 214 g/mol. The van der Waals surface area contributed by atoms with Crippen molar-refractivity contribution in [2.24, 2.45) is 0 Å². The molecule has 0 aliphatic heterocycles. The molecule has 5 heteroatoms. The Morgan fingerprint density at radius 3 is 2.21 bits per heavy atom. The molecule has 1 aromatic rings. The number of hydrogen-bond acceptors (Lipinski definition) is 2. The van der Waals surface area contributed by atoms with Crippen molar-refractivity contribution in [1.82, 2.24) is 0 Å². The van der Waals surface area contributed by atoms with Crippen LogP contribution < -0.4 is 0 Å². The Hall–Kier alpha value is -1.55. The molecule has 74 valence electrons. The molecule has 0 amide bonds. The predicted molar refractivity (Wildman–Crippen MR) is 50.1 cm³/mol. The molecule has 0 heterocycles. The van der Waals surface area contributed by atoms with E-state index >= 15 is 0 Å². The summed E-state index contributed by atoms with van der Waals surface area (Å²) in [5.41, 5.74) is -0.124. The lowest BCUT2D eigenvalue weighted by Gasteiger charge is -2.05. The van der Waals surface area contributed by atoms with Gasteiger partial charge in [0, 0.05) is 0 Å². The molecule has 0 saturated carbocycles. The van der Waals surface area contributed by atoms with Gasteiger partial charge < -0.3 is 10.2 Å². The van der Waals surface area contributed by atoms with E-state index in [0.29, 0.717) is 5.56 Å². The average molecular weight is 215 g/mol. The van der Waals surface area contributed by atoms with Gasteiger partial charge in [0.2, 0.25) is 0 Å². The second kappa shape index (κ2) is 3.67. The Kier molecular flexibility index (Phi) is 2.76.